The normalized spacial score (nSPS) is 30.3. The maximum absolute atomic E-state index is 14.0. The Morgan fingerprint density at radius 2 is 1.92 bits per heavy atom. The number of piperidine rings is 1. The molecule has 2 aliphatic heterocycles. The molecule has 5 atom stereocenters. The van der Waals surface area contributed by atoms with Crippen LogP contribution in [0.5, 0.6) is 5.75 Å². The van der Waals surface area contributed by atoms with Crippen LogP contribution in [0.4, 0.5) is 0 Å². The fourth-order valence-corrected chi connectivity index (χ4v) is 9.96. The van der Waals surface area contributed by atoms with Crippen LogP contribution < -0.4 is 4.74 Å². The lowest BCUT2D eigenvalue weighted by molar-refractivity contribution is -0.122. The zero-order valence-electron chi connectivity index (χ0n) is 22.1. The molecule has 2 fully saturated rings. The van der Waals surface area contributed by atoms with Crippen LogP contribution in [0.2, 0.25) is 0 Å². The maximum Gasteiger partial charge on any atom is 0.218 e. The summed E-state index contributed by atoms with van der Waals surface area (Å²) in [6.45, 7) is 7.69. The van der Waals surface area contributed by atoms with E-state index < -0.39 is 10.0 Å². The van der Waals surface area contributed by atoms with Crippen LogP contribution in [-0.4, -0.2) is 61.2 Å². The lowest BCUT2D eigenvalue weighted by atomic mass is 9.51. The third-order valence-corrected chi connectivity index (χ3v) is 11.0. The molecular weight excluding hydrogens is 484 g/mol. The average molecular weight is 523 g/mol. The predicted molar refractivity (Wildman–Crippen MR) is 144 cm³/mol. The van der Waals surface area contributed by atoms with E-state index in [-0.39, 0.29) is 35.0 Å². The van der Waals surface area contributed by atoms with E-state index in [9.17, 15) is 13.2 Å². The van der Waals surface area contributed by atoms with Gasteiger partial charge in [0, 0.05) is 23.6 Å². The summed E-state index contributed by atoms with van der Waals surface area (Å²) >= 11 is 0. The Labute approximate surface area is 221 Å². The fraction of sp³-hybridized carbons (Fsp3) is 0.567. The molecule has 4 aliphatic rings. The standard InChI is InChI=1S/C30H38N2O4S/c1-20(2)17-32(37(34,35)19-22-8-5-4-6-9-22)25-13-12-24-26-16-23-10-7-11-27-28(23)30(24,29(25)36-27)14-15-31(26)18-21(3)33/h4-11,20,24-26,29H,12-19H2,1-3H3/t24-,25-,26+,29-,30-/m0/s1. The van der Waals surface area contributed by atoms with Crippen LogP contribution >= 0.6 is 0 Å². The molecule has 0 radical (unpaired) electrons. The summed E-state index contributed by atoms with van der Waals surface area (Å²) in [5.41, 5.74) is 3.27. The summed E-state index contributed by atoms with van der Waals surface area (Å²) in [6, 6.07) is 16.0. The van der Waals surface area contributed by atoms with Crippen molar-refractivity contribution in [1.82, 2.24) is 9.21 Å². The van der Waals surface area contributed by atoms with Gasteiger partial charge in [0.05, 0.1) is 18.3 Å². The number of rotatable bonds is 8. The van der Waals surface area contributed by atoms with E-state index >= 15 is 0 Å². The highest BCUT2D eigenvalue weighted by Gasteiger charge is 2.66. The lowest BCUT2D eigenvalue weighted by Crippen LogP contribution is -2.69. The van der Waals surface area contributed by atoms with Gasteiger partial charge in [-0.1, -0.05) is 56.3 Å². The third-order valence-electron chi connectivity index (χ3n) is 9.19. The van der Waals surface area contributed by atoms with E-state index in [1.165, 1.54) is 11.1 Å². The van der Waals surface area contributed by atoms with Gasteiger partial charge in [-0.05, 0) is 68.2 Å². The van der Waals surface area contributed by atoms with Crippen molar-refractivity contribution in [1.29, 1.82) is 0 Å². The van der Waals surface area contributed by atoms with Crippen LogP contribution in [0.1, 0.15) is 56.7 Å². The van der Waals surface area contributed by atoms with Crippen LogP contribution in [-0.2, 0) is 32.4 Å². The van der Waals surface area contributed by atoms with Crippen molar-refractivity contribution in [2.24, 2.45) is 11.8 Å². The molecule has 1 saturated heterocycles. The Kier molecular flexibility index (Phi) is 6.24. The second kappa shape index (κ2) is 9.21. The second-order valence-corrected chi connectivity index (χ2v) is 13.9. The molecular formula is C30H38N2O4S. The van der Waals surface area contributed by atoms with Crippen molar-refractivity contribution in [2.75, 3.05) is 19.6 Å². The summed E-state index contributed by atoms with van der Waals surface area (Å²) in [4.78, 5) is 14.5. The average Bonchev–Trinajstić information content (AvgIpc) is 3.18. The molecule has 1 saturated carbocycles. The number of hydrogen-bond donors (Lipinski definition) is 0. The number of Topliss-reactive ketones (excluding diaryl/α,β-unsaturated/α-hetero) is 1. The summed E-state index contributed by atoms with van der Waals surface area (Å²) in [7, 11) is -3.56. The molecule has 0 aromatic heterocycles. The summed E-state index contributed by atoms with van der Waals surface area (Å²) in [5.74, 6) is 1.74. The highest BCUT2D eigenvalue weighted by atomic mass is 32.2. The molecule has 37 heavy (non-hydrogen) atoms. The number of ketones is 1. The number of carbonyl (C=O) groups is 1. The van der Waals surface area contributed by atoms with Crippen molar-refractivity contribution in [3.8, 4) is 5.75 Å². The molecule has 2 heterocycles. The van der Waals surface area contributed by atoms with E-state index in [4.69, 9.17) is 4.74 Å². The van der Waals surface area contributed by atoms with E-state index in [0.717, 1.165) is 43.5 Å². The summed E-state index contributed by atoms with van der Waals surface area (Å²) < 4.78 is 36.7. The van der Waals surface area contributed by atoms with Crippen molar-refractivity contribution < 1.29 is 17.9 Å². The Morgan fingerprint density at radius 1 is 1.14 bits per heavy atom. The Balaban J connectivity index is 1.41. The van der Waals surface area contributed by atoms with Gasteiger partial charge in [0.15, 0.2) is 0 Å². The lowest BCUT2D eigenvalue weighted by Gasteiger charge is -2.60. The van der Waals surface area contributed by atoms with Crippen LogP contribution in [0.3, 0.4) is 0 Å². The van der Waals surface area contributed by atoms with Crippen molar-refractivity contribution in [2.45, 2.75) is 75.8 Å². The van der Waals surface area contributed by atoms with Gasteiger partial charge in [-0.2, -0.15) is 4.31 Å². The summed E-state index contributed by atoms with van der Waals surface area (Å²) in [5, 5.41) is 0. The fourth-order valence-electron chi connectivity index (χ4n) is 8.03. The van der Waals surface area contributed by atoms with E-state index in [1.54, 1.807) is 11.2 Å². The van der Waals surface area contributed by atoms with Crippen LogP contribution in [0.25, 0.3) is 0 Å². The molecule has 1 spiro atoms. The van der Waals surface area contributed by atoms with Gasteiger partial charge in [-0.3, -0.25) is 9.69 Å². The van der Waals surface area contributed by atoms with Gasteiger partial charge in [0.2, 0.25) is 10.0 Å². The van der Waals surface area contributed by atoms with Crippen LogP contribution in [0, 0.1) is 11.8 Å². The molecule has 198 valence electrons. The van der Waals surface area contributed by atoms with Gasteiger partial charge in [-0.15, -0.1) is 0 Å². The molecule has 2 aromatic rings. The number of sulfonamides is 1. The van der Waals surface area contributed by atoms with Crippen molar-refractivity contribution in [3.05, 3.63) is 65.2 Å². The van der Waals surface area contributed by atoms with Crippen molar-refractivity contribution in [3.63, 3.8) is 0 Å². The van der Waals surface area contributed by atoms with Gasteiger partial charge in [0.1, 0.15) is 17.6 Å². The van der Waals surface area contributed by atoms with Gasteiger partial charge >= 0.3 is 0 Å². The maximum atomic E-state index is 14.0. The van der Waals surface area contributed by atoms with E-state index in [2.05, 4.69) is 36.9 Å². The molecule has 7 heteroatoms. The quantitative estimate of drug-likeness (QED) is 0.521. The monoisotopic (exact) mass is 522 g/mol. The van der Waals surface area contributed by atoms with E-state index in [1.807, 2.05) is 30.3 Å². The molecule has 6 rings (SSSR count). The third kappa shape index (κ3) is 4.05. The first-order chi connectivity index (χ1) is 17.7. The Morgan fingerprint density at radius 3 is 2.65 bits per heavy atom. The first-order valence-electron chi connectivity index (χ1n) is 13.8. The second-order valence-electron chi connectivity index (χ2n) is 12.0. The zero-order chi connectivity index (χ0) is 25.9. The molecule has 0 N–H and O–H groups in total. The molecule has 6 nitrogen and oxygen atoms in total. The minimum Gasteiger partial charge on any atom is -0.487 e. The topological polar surface area (TPSA) is 66.9 Å². The molecule has 2 aliphatic carbocycles. The van der Waals surface area contributed by atoms with Crippen molar-refractivity contribution >= 4 is 15.8 Å². The largest absolute Gasteiger partial charge is 0.487 e. The minimum absolute atomic E-state index is 0.00736. The van der Waals surface area contributed by atoms with Gasteiger partial charge in [-0.25, -0.2) is 8.42 Å². The number of hydrogen-bond acceptors (Lipinski definition) is 5. The highest BCUT2D eigenvalue weighted by Crippen LogP contribution is 2.62. The number of ether oxygens (including phenoxy) is 1. The van der Waals surface area contributed by atoms with Gasteiger partial charge < -0.3 is 4.74 Å². The smallest absolute Gasteiger partial charge is 0.218 e. The number of carbonyl (C=O) groups excluding carboxylic acids is 1. The van der Waals surface area contributed by atoms with Gasteiger partial charge in [0.25, 0.3) is 0 Å². The molecule has 0 unspecified atom stereocenters. The minimum atomic E-state index is -3.56. The number of nitrogens with zero attached hydrogens (tertiary/aromatic N) is 2. The summed E-state index contributed by atoms with van der Waals surface area (Å²) in [6.07, 6.45) is 3.37. The molecule has 2 bridgehead atoms. The zero-order valence-corrected chi connectivity index (χ0v) is 22.9. The molecule has 0 amide bonds. The predicted octanol–water partition coefficient (Wildman–Crippen LogP) is 4.17. The first kappa shape index (κ1) is 25.1. The van der Waals surface area contributed by atoms with E-state index in [0.29, 0.717) is 25.0 Å². The number of likely N-dealkylation sites (tertiary alicyclic amines) is 1. The van der Waals surface area contributed by atoms with Crippen LogP contribution in [0.15, 0.2) is 48.5 Å². The highest BCUT2D eigenvalue weighted by molar-refractivity contribution is 7.88. The first-order valence-corrected chi connectivity index (χ1v) is 15.4. The molecule has 2 aromatic carbocycles. The SMILES string of the molecule is CC(=O)CN1CC[C@]23c4c5cccc4O[C@H]2[C@@H](N(CC(C)C)S(=O)(=O)Cc2ccccc2)CC[C@H]3[C@H]1C5. The Bertz CT molecular complexity index is 1290. The number of benzene rings is 2. The Hall–Kier alpha value is -2.22.